The van der Waals surface area contributed by atoms with Crippen LogP contribution in [-0.2, 0) is 0 Å². The van der Waals surface area contributed by atoms with Gasteiger partial charge in [0.2, 0.25) is 0 Å². The topological polar surface area (TPSA) is 67.4 Å². The second-order valence-electron chi connectivity index (χ2n) is 6.07. The fourth-order valence-corrected chi connectivity index (χ4v) is 2.78. The van der Waals surface area contributed by atoms with Crippen molar-refractivity contribution in [1.82, 2.24) is 5.32 Å². The van der Waals surface area contributed by atoms with Crippen molar-refractivity contribution < 1.29 is 14.3 Å². The third-order valence-electron chi connectivity index (χ3n) is 3.51. The molecular weight excluding hydrogens is 396 g/mol. The van der Waals surface area contributed by atoms with Gasteiger partial charge in [0, 0.05) is 12.1 Å². The molecule has 26 heavy (non-hydrogen) atoms. The molecule has 2 aromatic carbocycles. The lowest BCUT2D eigenvalue weighted by molar-refractivity contribution is 0.0954. The number of anilines is 1. The van der Waals surface area contributed by atoms with Crippen molar-refractivity contribution in [3.05, 3.63) is 58.1 Å². The van der Waals surface area contributed by atoms with Gasteiger partial charge in [-0.15, -0.1) is 0 Å². The molecule has 0 radical (unpaired) electrons. The van der Waals surface area contributed by atoms with E-state index in [1.165, 1.54) is 0 Å². The van der Waals surface area contributed by atoms with Gasteiger partial charge in [-0.1, -0.05) is 19.1 Å². The lowest BCUT2D eigenvalue weighted by Crippen LogP contribution is -2.25. The Morgan fingerprint density at radius 3 is 2.50 bits per heavy atom. The fraction of sp³-hybridized carbons (Fsp3) is 0.300. The molecule has 0 atom stereocenters. The zero-order valence-corrected chi connectivity index (χ0v) is 16.7. The van der Waals surface area contributed by atoms with Crippen LogP contribution >= 0.6 is 15.9 Å². The molecule has 0 aliphatic rings. The standard InChI is InChI=1S/C20H23BrN2O3/c1-4-11-22-20(25)15-7-5-6-8-17(15)23-19(24)14-9-10-18(16(21)12-14)26-13(2)3/h5-10,12-13H,4,11H2,1-3H3,(H,22,25)(H,23,24). The van der Waals surface area contributed by atoms with E-state index in [0.717, 1.165) is 6.42 Å². The van der Waals surface area contributed by atoms with Crippen LogP contribution in [0.25, 0.3) is 0 Å². The van der Waals surface area contributed by atoms with E-state index in [-0.39, 0.29) is 17.9 Å². The number of carbonyl (C=O) groups excluding carboxylic acids is 2. The highest BCUT2D eigenvalue weighted by atomic mass is 79.9. The van der Waals surface area contributed by atoms with Crippen molar-refractivity contribution in [1.29, 1.82) is 0 Å². The molecule has 0 heterocycles. The van der Waals surface area contributed by atoms with Gasteiger partial charge < -0.3 is 15.4 Å². The van der Waals surface area contributed by atoms with Gasteiger partial charge in [-0.2, -0.15) is 0 Å². The van der Waals surface area contributed by atoms with Crippen LogP contribution in [0.5, 0.6) is 5.75 Å². The molecule has 0 bridgehead atoms. The molecule has 0 aliphatic heterocycles. The lowest BCUT2D eigenvalue weighted by atomic mass is 10.1. The third-order valence-corrected chi connectivity index (χ3v) is 4.13. The first-order chi connectivity index (χ1) is 12.4. The highest BCUT2D eigenvalue weighted by Gasteiger charge is 2.15. The van der Waals surface area contributed by atoms with Crippen molar-refractivity contribution in [3.8, 4) is 5.75 Å². The maximum atomic E-state index is 12.6. The average molecular weight is 419 g/mol. The van der Waals surface area contributed by atoms with Crippen molar-refractivity contribution in [2.45, 2.75) is 33.3 Å². The predicted octanol–water partition coefficient (Wildman–Crippen LogP) is 4.63. The number of rotatable bonds is 7. The molecule has 2 aromatic rings. The maximum Gasteiger partial charge on any atom is 0.255 e. The van der Waals surface area contributed by atoms with E-state index < -0.39 is 0 Å². The zero-order valence-electron chi connectivity index (χ0n) is 15.1. The molecule has 0 unspecified atom stereocenters. The Hall–Kier alpha value is -2.34. The Bertz CT molecular complexity index is 790. The highest BCUT2D eigenvalue weighted by Crippen LogP contribution is 2.27. The smallest absolute Gasteiger partial charge is 0.255 e. The van der Waals surface area contributed by atoms with E-state index in [1.807, 2.05) is 20.8 Å². The number of hydrogen-bond acceptors (Lipinski definition) is 3. The van der Waals surface area contributed by atoms with Gasteiger partial charge in [-0.25, -0.2) is 0 Å². The Balaban J connectivity index is 2.18. The van der Waals surface area contributed by atoms with E-state index in [4.69, 9.17) is 4.74 Å². The van der Waals surface area contributed by atoms with Crippen molar-refractivity contribution in [2.24, 2.45) is 0 Å². The number of benzene rings is 2. The minimum atomic E-state index is -0.294. The molecule has 138 valence electrons. The van der Waals surface area contributed by atoms with Gasteiger partial charge in [-0.05, 0) is 66.5 Å². The molecule has 6 heteroatoms. The second kappa shape index (κ2) is 9.38. The Morgan fingerprint density at radius 1 is 1.12 bits per heavy atom. The van der Waals surface area contributed by atoms with Crippen molar-refractivity contribution >= 4 is 33.4 Å². The molecule has 0 saturated heterocycles. The minimum absolute atomic E-state index is 0.0412. The van der Waals surface area contributed by atoms with Crippen molar-refractivity contribution in [2.75, 3.05) is 11.9 Å². The van der Waals surface area contributed by atoms with E-state index in [9.17, 15) is 9.59 Å². The molecule has 2 N–H and O–H groups in total. The second-order valence-corrected chi connectivity index (χ2v) is 6.92. The molecule has 0 aromatic heterocycles. The molecular formula is C20H23BrN2O3. The Kier molecular flexibility index (Phi) is 7.21. The monoisotopic (exact) mass is 418 g/mol. The number of amides is 2. The third kappa shape index (κ3) is 5.33. The van der Waals surface area contributed by atoms with Crippen molar-refractivity contribution in [3.63, 3.8) is 0 Å². The summed E-state index contributed by atoms with van der Waals surface area (Å²) in [5.74, 6) is 0.179. The van der Waals surface area contributed by atoms with Crippen LogP contribution in [0, 0.1) is 0 Å². The summed E-state index contributed by atoms with van der Waals surface area (Å²) in [4.78, 5) is 24.8. The fourth-order valence-electron chi connectivity index (χ4n) is 2.31. The molecule has 2 amide bonds. The SMILES string of the molecule is CCCNC(=O)c1ccccc1NC(=O)c1ccc(OC(C)C)c(Br)c1. The van der Waals surface area contributed by atoms with Crippen LogP contribution in [0.1, 0.15) is 47.9 Å². The van der Waals surface area contributed by atoms with Gasteiger partial charge >= 0.3 is 0 Å². The number of nitrogens with one attached hydrogen (secondary N) is 2. The molecule has 0 spiro atoms. The van der Waals surface area contributed by atoms with Crippen LogP contribution in [0.4, 0.5) is 5.69 Å². The first-order valence-electron chi connectivity index (χ1n) is 8.57. The highest BCUT2D eigenvalue weighted by molar-refractivity contribution is 9.10. The first-order valence-corrected chi connectivity index (χ1v) is 9.36. The molecule has 0 saturated carbocycles. The van der Waals surface area contributed by atoms with E-state index in [0.29, 0.717) is 33.6 Å². The Morgan fingerprint density at radius 2 is 1.85 bits per heavy atom. The lowest BCUT2D eigenvalue weighted by Gasteiger charge is -2.13. The summed E-state index contributed by atoms with van der Waals surface area (Å²) in [6.45, 7) is 6.45. The molecule has 5 nitrogen and oxygen atoms in total. The summed E-state index contributed by atoms with van der Waals surface area (Å²) >= 11 is 3.43. The van der Waals surface area contributed by atoms with Crippen LogP contribution in [0.15, 0.2) is 46.9 Å². The van der Waals surface area contributed by atoms with Gasteiger partial charge in [0.25, 0.3) is 11.8 Å². The van der Waals surface area contributed by atoms with E-state index in [1.54, 1.807) is 42.5 Å². The van der Waals surface area contributed by atoms with Gasteiger partial charge in [0.05, 0.1) is 21.8 Å². The molecule has 2 rings (SSSR count). The molecule has 0 fully saturated rings. The average Bonchev–Trinajstić information content (AvgIpc) is 2.61. The minimum Gasteiger partial charge on any atom is -0.490 e. The largest absolute Gasteiger partial charge is 0.490 e. The van der Waals surface area contributed by atoms with Crippen LogP contribution in [0.2, 0.25) is 0 Å². The first kappa shape index (κ1) is 20.0. The number of ether oxygens (including phenoxy) is 1. The van der Waals surface area contributed by atoms with Crippen LogP contribution < -0.4 is 15.4 Å². The molecule has 0 aliphatic carbocycles. The summed E-state index contributed by atoms with van der Waals surface area (Å²) in [5, 5.41) is 5.63. The van der Waals surface area contributed by atoms with Crippen LogP contribution in [-0.4, -0.2) is 24.5 Å². The Labute approximate surface area is 162 Å². The summed E-state index contributed by atoms with van der Waals surface area (Å²) in [6.07, 6.45) is 0.888. The summed E-state index contributed by atoms with van der Waals surface area (Å²) in [5.41, 5.74) is 1.38. The predicted molar refractivity (Wildman–Crippen MR) is 107 cm³/mol. The van der Waals surface area contributed by atoms with Gasteiger partial charge in [0.1, 0.15) is 5.75 Å². The van der Waals surface area contributed by atoms with E-state index >= 15 is 0 Å². The normalized spacial score (nSPS) is 10.5. The summed E-state index contributed by atoms with van der Waals surface area (Å²) in [7, 11) is 0. The maximum absolute atomic E-state index is 12.6. The quantitative estimate of drug-likeness (QED) is 0.688. The number of para-hydroxylation sites is 1. The van der Waals surface area contributed by atoms with E-state index in [2.05, 4.69) is 26.6 Å². The van der Waals surface area contributed by atoms with Gasteiger partial charge in [0.15, 0.2) is 0 Å². The van der Waals surface area contributed by atoms with Gasteiger partial charge in [-0.3, -0.25) is 9.59 Å². The number of hydrogen-bond donors (Lipinski definition) is 2. The summed E-state index contributed by atoms with van der Waals surface area (Å²) in [6, 6.07) is 12.1. The van der Waals surface area contributed by atoms with Crippen LogP contribution in [0.3, 0.4) is 0 Å². The zero-order chi connectivity index (χ0) is 19.1. The number of carbonyl (C=O) groups is 2. The number of halogens is 1. The summed E-state index contributed by atoms with van der Waals surface area (Å²) < 4.78 is 6.36.